The maximum atomic E-state index is 12.2. The van der Waals surface area contributed by atoms with E-state index in [2.05, 4.69) is 21.6 Å². The lowest BCUT2D eigenvalue weighted by atomic mass is 10.3. The fraction of sp³-hybridized carbons (Fsp3) is 0.571. The van der Waals surface area contributed by atoms with Crippen LogP contribution in [0.25, 0.3) is 0 Å². The molecule has 0 unspecified atom stereocenters. The van der Waals surface area contributed by atoms with Gasteiger partial charge in [-0.2, -0.15) is 0 Å². The monoisotopic (exact) mass is 365 g/mol. The number of benzene rings is 1. The van der Waals surface area contributed by atoms with E-state index in [1.54, 1.807) is 0 Å². The number of nitrogens with zero attached hydrogens (tertiary/aromatic N) is 2. The first-order valence-corrected chi connectivity index (χ1v) is 9.47. The molecule has 0 radical (unpaired) electrons. The molecule has 0 aliphatic carbocycles. The summed E-state index contributed by atoms with van der Waals surface area (Å²) in [6, 6.07) is 4.31. The van der Waals surface area contributed by atoms with Crippen molar-refractivity contribution in [3.05, 3.63) is 28.2 Å². The Morgan fingerprint density at radius 2 is 1.68 bits per heavy atom. The molecular weight excluding hydrogens is 345 g/mol. The first-order chi connectivity index (χ1) is 10.4. The molecule has 1 aliphatic rings. The Bertz CT molecular complexity index is 582. The molecule has 5 nitrogen and oxygen atoms in total. The summed E-state index contributed by atoms with van der Waals surface area (Å²) in [6.07, 6.45) is 0.775. The quantitative estimate of drug-likeness (QED) is 0.782. The van der Waals surface area contributed by atoms with Gasteiger partial charge in [0.1, 0.15) is 0 Å². The smallest absolute Gasteiger partial charge is 0.240 e. The summed E-state index contributed by atoms with van der Waals surface area (Å²) >= 11 is 11.7. The van der Waals surface area contributed by atoms with Crippen LogP contribution in [-0.4, -0.2) is 64.5 Å². The van der Waals surface area contributed by atoms with E-state index in [4.69, 9.17) is 23.2 Å². The number of nitrogens with one attached hydrogen (secondary N) is 1. The molecule has 1 N–H and O–H groups in total. The Morgan fingerprint density at radius 1 is 1.09 bits per heavy atom. The van der Waals surface area contributed by atoms with Crippen LogP contribution < -0.4 is 4.72 Å². The van der Waals surface area contributed by atoms with Crippen LogP contribution in [0.2, 0.25) is 10.0 Å². The van der Waals surface area contributed by atoms with E-state index in [0.29, 0.717) is 16.6 Å². The van der Waals surface area contributed by atoms with Gasteiger partial charge in [-0.1, -0.05) is 23.2 Å². The van der Waals surface area contributed by atoms with Gasteiger partial charge in [-0.25, -0.2) is 13.1 Å². The minimum atomic E-state index is -3.56. The van der Waals surface area contributed by atoms with Gasteiger partial charge in [0.05, 0.1) is 4.90 Å². The number of piperazine rings is 1. The van der Waals surface area contributed by atoms with Crippen LogP contribution in [0.1, 0.15) is 6.42 Å². The Balaban J connectivity index is 1.80. The van der Waals surface area contributed by atoms with Crippen molar-refractivity contribution in [3.63, 3.8) is 0 Å². The molecular formula is C14H21Cl2N3O2S. The molecule has 1 aromatic rings. The fourth-order valence-corrected chi connectivity index (χ4v) is 4.15. The second kappa shape index (κ2) is 7.95. The van der Waals surface area contributed by atoms with Crippen molar-refractivity contribution in [2.24, 2.45) is 0 Å². The van der Waals surface area contributed by atoms with Gasteiger partial charge in [-0.05, 0) is 38.2 Å². The standard InChI is InChI=1S/C14H21Cl2N3O2S/c1-18-5-7-19(8-6-18)4-2-3-17-22(20,21)14-10-12(15)9-13(16)11-14/h9-11,17H,2-8H2,1H3. The van der Waals surface area contributed by atoms with Gasteiger partial charge in [0.25, 0.3) is 0 Å². The third-order valence-electron chi connectivity index (χ3n) is 3.69. The normalized spacial score (nSPS) is 17.8. The van der Waals surface area contributed by atoms with Crippen LogP contribution in [0, 0.1) is 0 Å². The predicted molar refractivity (Wildman–Crippen MR) is 90.2 cm³/mol. The zero-order chi connectivity index (χ0) is 16.2. The number of halogens is 2. The van der Waals surface area contributed by atoms with Gasteiger partial charge in [-0.15, -0.1) is 0 Å². The van der Waals surface area contributed by atoms with E-state index in [0.717, 1.165) is 39.1 Å². The molecule has 1 heterocycles. The second-order valence-electron chi connectivity index (χ2n) is 5.50. The number of likely N-dealkylation sites (N-methyl/N-ethyl adjacent to an activating group) is 1. The highest BCUT2D eigenvalue weighted by atomic mass is 35.5. The summed E-state index contributed by atoms with van der Waals surface area (Å²) in [6.45, 7) is 5.49. The summed E-state index contributed by atoms with van der Waals surface area (Å²) in [5.74, 6) is 0. The first kappa shape index (κ1) is 18.0. The van der Waals surface area contributed by atoms with E-state index in [9.17, 15) is 8.42 Å². The van der Waals surface area contributed by atoms with Crippen LogP contribution in [0.15, 0.2) is 23.1 Å². The van der Waals surface area contributed by atoms with Gasteiger partial charge in [0.2, 0.25) is 10.0 Å². The molecule has 2 rings (SSSR count). The Labute approximate surface area is 142 Å². The average Bonchev–Trinajstić information content (AvgIpc) is 2.44. The van der Waals surface area contributed by atoms with E-state index < -0.39 is 10.0 Å². The summed E-state index contributed by atoms with van der Waals surface area (Å²) in [5, 5.41) is 0.621. The molecule has 1 aromatic carbocycles. The van der Waals surface area contributed by atoms with Crippen molar-refractivity contribution in [3.8, 4) is 0 Å². The van der Waals surface area contributed by atoms with Crippen LogP contribution in [-0.2, 0) is 10.0 Å². The number of rotatable bonds is 6. The molecule has 0 saturated carbocycles. The van der Waals surface area contributed by atoms with Gasteiger partial charge < -0.3 is 9.80 Å². The summed E-state index contributed by atoms with van der Waals surface area (Å²) in [5.41, 5.74) is 0. The van der Waals surface area contributed by atoms with Crippen molar-refractivity contribution in [2.75, 3.05) is 46.3 Å². The highest BCUT2D eigenvalue weighted by Gasteiger charge is 2.16. The average molecular weight is 366 g/mol. The van der Waals surface area contributed by atoms with Crippen molar-refractivity contribution in [2.45, 2.75) is 11.3 Å². The van der Waals surface area contributed by atoms with Crippen molar-refractivity contribution in [1.82, 2.24) is 14.5 Å². The molecule has 1 aliphatic heterocycles. The molecule has 1 fully saturated rings. The maximum absolute atomic E-state index is 12.2. The van der Waals surface area contributed by atoms with Gasteiger partial charge in [0.15, 0.2) is 0 Å². The molecule has 0 amide bonds. The van der Waals surface area contributed by atoms with Crippen LogP contribution in [0.3, 0.4) is 0 Å². The fourth-order valence-electron chi connectivity index (χ4n) is 2.35. The third kappa shape index (κ3) is 5.37. The Kier molecular flexibility index (Phi) is 6.49. The van der Waals surface area contributed by atoms with E-state index >= 15 is 0 Å². The zero-order valence-corrected chi connectivity index (χ0v) is 14.9. The summed E-state index contributed by atoms with van der Waals surface area (Å²) in [7, 11) is -1.45. The molecule has 0 aromatic heterocycles. The SMILES string of the molecule is CN1CCN(CCCNS(=O)(=O)c2cc(Cl)cc(Cl)c2)CC1. The summed E-state index contributed by atoms with van der Waals surface area (Å²) < 4.78 is 27.0. The van der Waals surface area contributed by atoms with Crippen LogP contribution in [0.4, 0.5) is 0 Å². The Morgan fingerprint density at radius 3 is 2.27 bits per heavy atom. The lowest BCUT2D eigenvalue weighted by molar-refractivity contribution is 0.153. The lowest BCUT2D eigenvalue weighted by Crippen LogP contribution is -2.45. The van der Waals surface area contributed by atoms with Crippen LogP contribution in [0.5, 0.6) is 0 Å². The van der Waals surface area contributed by atoms with Gasteiger partial charge >= 0.3 is 0 Å². The highest BCUT2D eigenvalue weighted by Crippen LogP contribution is 2.22. The Hall–Kier alpha value is -0.370. The predicted octanol–water partition coefficient (Wildman–Crippen LogP) is 1.91. The van der Waals surface area contributed by atoms with E-state index in [1.165, 1.54) is 18.2 Å². The van der Waals surface area contributed by atoms with Gasteiger partial charge in [0, 0.05) is 42.8 Å². The summed E-state index contributed by atoms with van der Waals surface area (Å²) in [4.78, 5) is 4.75. The van der Waals surface area contributed by atoms with Gasteiger partial charge in [-0.3, -0.25) is 0 Å². The molecule has 1 saturated heterocycles. The number of hydrogen-bond acceptors (Lipinski definition) is 4. The second-order valence-corrected chi connectivity index (χ2v) is 8.14. The van der Waals surface area contributed by atoms with Crippen molar-refractivity contribution >= 4 is 33.2 Å². The highest BCUT2D eigenvalue weighted by molar-refractivity contribution is 7.89. The van der Waals surface area contributed by atoms with E-state index in [1.807, 2.05) is 0 Å². The van der Waals surface area contributed by atoms with Crippen molar-refractivity contribution < 1.29 is 8.42 Å². The van der Waals surface area contributed by atoms with Crippen LogP contribution >= 0.6 is 23.2 Å². The number of sulfonamides is 1. The molecule has 8 heteroatoms. The first-order valence-electron chi connectivity index (χ1n) is 7.23. The molecule has 22 heavy (non-hydrogen) atoms. The minimum absolute atomic E-state index is 0.101. The zero-order valence-electron chi connectivity index (χ0n) is 12.6. The largest absolute Gasteiger partial charge is 0.304 e. The third-order valence-corrected chi connectivity index (χ3v) is 5.56. The molecule has 124 valence electrons. The van der Waals surface area contributed by atoms with E-state index in [-0.39, 0.29) is 4.90 Å². The molecule has 0 bridgehead atoms. The molecule has 0 atom stereocenters. The molecule has 0 spiro atoms. The minimum Gasteiger partial charge on any atom is -0.304 e. The van der Waals surface area contributed by atoms with Crippen molar-refractivity contribution in [1.29, 1.82) is 0 Å². The number of hydrogen-bond donors (Lipinski definition) is 1. The topological polar surface area (TPSA) is 52.6 Å². The maximum Gasteiger partial charge on any atom is 0.240 e. The lowest BCUT2D eigenvalue weighted by Gasteiger charge is -2.32.